The van der Waals surface area contributed by atoms with Gasteiger partial charge in [-0.2, -0.15) is 0 Å². The van der Waals surface area contributed by atoms with E-state index in [0.29, 0.717) is 4.90 Å². The molecule has 98 valence electrons. The molecule has 5 nitrogen and oxygen atoms in total. The third-order valence-corrected chi connectivity index (χ3v) is 3.56. The van der Waals surface area contributed by atoms with Crippen LogP contribution < -0.4 is 10.5 Å². The minimum absolute atomic E-state index is 0.0525. The number of nitro groups is 1. The van der Waals surface area contributed by atoms with Crippen molar-refractivity contribution >= 4 is 23.1 Å². The number of hydrogen-bond acceptors (Lipinski definition) is 5. The van der Waals surface area contributed by atoms with Gasteiger partial charge in [-0.3, -0.25) is 10.1 Å². The maximum Gasteiger partial charge on any atom is 0.305 e. The number of ether oxygens (including phenoxy) is 1. The van der Waals surface area contributed by atoms with Crippen LogP contribution in [0.4, 0.5) is 11.4 Å². The van der Waals surface area contributed by atoms with E-state index in [-0.39, 0.29) is 11.4 Å². The standard InChI is InChI=1S/C13H12N2O3S/c1-18-9-5-7-10(8-6-9)19-12-4-2-3-11(14)13(12)15(16)17/h2-8H,14H2,1H3. The maximum absolute atomic E-state index is 11.0. The zero-order valence-electron chi connectivity index (χ0n) is 10.2. The Hall–Kier alpha value is -2.21. The van der Waals surface area contributed by atoms with Gasteiger partial charge in [0.1, 0.15) is 11.4 Å². The van der Waals surface area contributed by atoms with Crippen LogP contribution in [-0.2, 0) is 0 Å². The predicted molar refractivity (Wildman–Crippen MR) is 74.6 cm³/mol. The van der Waals surface area contributed by atoms with Crippen molar-refractivity contribution in [1.29, 1.82) is 0 Å². The Morgan fingerprint density at radius 3 is 2.47 bits per heavy atom. The number of nitrogens with zero attached hydrogens (tertiary/aromatic N) is 1. The van der Waals surface area contributed by atoms with Crippen LogP contribution in [0.1, 0.15) is 0 Å². The number of benzene rings is 2. The van der Waals surface area contributed by atoms with Crippen molar-refractivity contribution in [1.82, 2.24) is 0 Å². The van der Waals surface area contributed by atoms with Crippen LogP contribution in [-0.4, -0.2) is 12.0 Å². The second kappa shape index (κ2) is 5.62. The molecule has 6 heteroatoms. The van der Waals surface area contributed by atoms with Crippen LogP contribution in [0, 0.1) is 10.1 Å². The molecular weight excluding hydrogens is 264 g/mol. The molecule has 0 aliphatic rings. The van der Waals surface area contributed by atoms with E-state index in [4.69, 9.17) is 10.5 Å². The predicted octanol–water partition coefficient (Wildman–Crippen LogP) is 3.34. The van der Waals surface area contributed by atoms with Gasteiger partial charge >= 0.3 is 5.69 Å². The lowest BCUT2D eigenvalue weighted by atomic mass is 10.3. The van der Waals surface area contributed by atoms with Gasteiger partial charge in [0, 0.05) is 4.90 Å². The van der Waals surface area contributed by atoms with Crippen molar-refractivity contribution in [2.45, 2.75) is 9.79 Å². The molecule has 0 fully saturated rings. The fraction of sp³-hybridized carbons (Fsp3) is 0.0769. The molecule has 0 bridgehead atoms. The van der Waals surface area contributed by atoms with Gasteiger partial charge in [0.25, 0.3) is 0 Å². The second-order valence-electron chi connectivity index (χ2n) is 3.73. The number of nitrogens with two attached hydrogens (primary N) is 1. The Morgan fingerprint density at radius 2 is 1.89 bits per heavy atom. The lowest BCUT2D eigenvalue weighted by Gasteiger charge is -2.05. The quantitative estimate of drug-likeness (QED) is 0.526. The molecule has 0 aliphatic carbocycles. The summed E-state index contributed by atoms with van der Waals surface area (Å²) in [4.78, 5) is 12.0. The number of rotatable bonds is 4. The first-order valence-electron chi connectivity index (χ1n) is 5.46. The Bertz CT molecular complexity index is 599. The van der Waals surface area contributed by atoms with Gasteiger partial charge in [-0.05, 0) is 36.4 Å². The molecule has 0 aromatic heterocycles. The summed E-state index contributed by atoms with van der Waals surface area (Å²) in [5.41, 5.74) is 5.76. The first-order chi connectivity index (χ1) is 9.11. The molecular formula is C13H12N2O3S. The topological polar surface area (TPSA) is 78.4 Å². The third-order valence-electron chi connectivity index (χ3n) is 2.50. The van der Waals surface area contributed by atoms with E-state index in [9.17, 15) is 10.1 Å². The van der Waals surface area contributed by atoms with Crippen molar-refractivity contribution in [3.05, 3.63) is 52.6 Å². The molecule has 0 atom stereocenters. The largest absolute Gasteiger partial charge is 0.497 e. The summed E-state index contributed by atoms with van der Waals surface area (Å²) < 4.78 is 5.06. The van der Waals surface area contributed by atoms with Crippen LogP contribution in [0.25, 0.3) is 0 Å². The van der Waals surface area contributed by atoms with Gasteiger partial charge < -0.3 is 10.5 Å². The van der Waals surface area contributed by atoms with Gasteiger partial charge in [-0.15, -0.1) is 0 Å². The molecule has 2 aromatic carbocycles. The van der Waals surface area contributed by atoms with E-state index >= 15 is 0 Å². The van der Waals surface area contributed by atoms with E-state index < -0.39 is 4.92 Å². The van der Waals surface area contributed by atoms with Crippen LogP contribution in [0.3, 0.4) is 0 Å². The van der Waals surface area contributed by atoms with Crippen LogP contribution in [0.5, 0.6) is 5.75 Å². The van der Waals surface area contributed by atoms with Crippen LogP contribution >= 0.6 is 11.8 Å². The average Bonchev–Trinajstić information content (AvgIpc) is 2.39. The molecule has 0 unspecified atom stereocenters. The molecule has 0 radical (unpaired) electrons. The van der Waals surface area contributed by atoms with E-state index in [0.717, 1.165) is 10.6 Å². The zero-order chi connectivity index (χ0) is 13.8. The molecule has 19 heavy (non-hydrogen) atoms. The third kappa shape index (κ3) is 2.97. The smallest absolute Gasteiger partial charge is 0.305 e. The minimum atomic E-state index is -0.457. The van der Waals surface area contributed by atoms with Gasteiger partial charge in [0.05, 0.1) is 16.9 Å². The monoisotopic (exact) mass is 276 g/mol. The van der Waals surface area contributed by atoms with Crippen molar-refractivity contribution in [3.63, 3.8) is 0 Å². The number of methoxy groups -OCH3 is 1. The normalized spacial score (nSPS) is 10.2. The number of nitrogen functional groups attached to an aromatic ring is 1. The highest BCUT2D eigenvalue weighted by atomic mass is 32.2. The van der Waals surface area contributed by atoms with Crippen molar-refractivity contribution < 1.29 is 9.66 Å². The van der Waals surface area contributed by atoms with Crippen molar-refractivity contribution in [3.8, 4) is 5.75 Å². The molecule has 0 saturated heterocycles. The highest BCUT2D eigenvalue weighted by Crippen LogP contribution is 2.38. The molecule has 2 aromatic rings. The molecule has 0 aliphatic heterocycles. The average molecular weight is 276 g/mol. The summed E-state index contributed by atoms with van der Waals surface area (Å²) in [6, 6.07) is 12.2. The van der Waals surface area contributed by atoms with Gasteiger partial charge in [-0.1, -0.05) is 17.8 Å². The number of para-hydroxylation sites is 1. The van der Waals surface area contributed by atoms with E-state index in [2.05, 4.69) is 0 Å². The highest BCUT2D eigenvalue weighted by molar-refractivity contribution is 7.99. The summed E-state index contributed by atoms with van der Waals surface area (Å²) in [5, 5.41) is 11.0. The van der Waals surface area contributed by atoms with E-state index in [1.807, 2.05) is 12.1 Å². The lowest BCUT2D eigenvalue weighted by Crippen LogP contribution is -1.97. The molecule has 0 amide bonds. The first kappa shape index (κ1) is 13.2. The van der Waals surface area contributed by atoms with Crippen LogP contribution in [0.2, 0.25) is 0 Å². The lowest BCUT2D eigenvalue weighted by molar-refractivity contribution is -0.386. The fourth-order valence-electron chi connectivity index (χ4n) is 1.59. The Kier molecular flexibility index (Phi) is 3.91. The molecule has 0 heterocycles. The summed E-state index contributed by atoms with van der Waals surface area (Å²) in [5.74, 6) is 0.742. The number of anilines is 1. The summed E-state index contributed by atoms with van der Waals surface area (Å²) in [7, 11) is 1.59. The maximum atomic E-state index is 11.0. The second-order valence-corrected chi connectivity index (χ2v) is 4.84. The highest BCUT2D eigenvalue weighted by Gasteiger charge is 2.18. The Morgan fingerprint density at radius 1 is 1.21 bits per heavy atom. The van der Waals surface area contributed by atoms with Gasteiger partial charge in [0.15, 0.2) is 0 Å². The van der Waals surface area contributed by atoms with Gasteiger partial charge in [-0.25, -0.2) is 0 Å². The molecule has 0 saturated carbocycles. The molecule has 2 rings (SSSR count). The molecule has 2 N–H and O–H groups in total. The Balaban J connectivity index is 2.32. The fourth-order valence-corrected chi connectivity index (χ4v) is 2.55. The Labute approximate surface area is 114 Å². The number of hydrogen-bond donors (Lipinski definition) is 1. The summed E-state index contributed by atoms with van der Waals surface area (Å²) >= 11 is 1.30. The van der Waals surface area contributed by atoms with Crippen LogP contribution in [0.15, 0.2) is 52.3 Å². The van der Waals surface area contributed by atoms with E-state index in [1.165, 1.54) is 17.8 Å². The number of nitro benzene ring substituents is 1. The van der Waals surface area contributed by atoms with Crippen molar-refractivity contribution in [2.24, 2.45) is 0 Å². The van der Waals surface area contributed by atoms with Crippen molar-refractivity contribution in [2.75, 3.05) is 12.8 Å². The summed E-state index contributed by atoms with van der Waals surface area (Å²) in [6.07, 6.45) is 0. The van der Waals surface area contributed by atoms with Gasteiger partial charge in [0.2, 0.25) is 0 Å². The summed E-state index contributed by atoms with van der Waals surface area (Å²) in [6.45, 7) is 0. The first-order valence-corrected chi connectivity index (χ1v) is 6.28. The zero-order valence-corrected chi connectivity index (χ0v) is 11.0. The molecule has 0 spiro atoms. The minimum Gasteiger partial charge on any atom is -0.497 e. The SMILES string of the molecule is COc1ccc(Sc2cccc(N)c2[N+](=O)[O-])cc1. The van der Waals surface area contributed by atoms with E-state index in [1.54, 1.807) is 31.4 Å².